The molecule has 39 nitrogen and oxygen atoms in total. The standard InChI is InChI=1S/C24H25N7O.C23H23N7O.2C21H18N6O2.C20H16N6O/c1-14-17(12-31(2)3)9-25-11-19(14)16-8-18-22(29-30-23(18)26-10-16)24-27-20-7-5-6-15(13-32-4)21(20)28-24;1-13-16(8-24-2)9-25-11-18(13)15-7-17-21(29-30-22(17)26-10-15)23-27-19-6-4-5-14(12-31-3)20(19)28-23;1-28-11-12-4-3-5-17-18(12)25-21(24-17)19-16-7-14(9-23-20(16)27-26-19)13-6-15(29-2)10-22-8-13;1-28-11-13-4-3-5-16-18(13)25-21(24-16)19-15-8-14(10-23-20(15)27-26-19)12-6-7-17(29-2)22-9-12;1-27-11-13-3-2-4-16-17(13)24-20(23-16)18-15-9-14(10-22-19(15)26-25-18)12-5-7-21-8-6-12/h5-11H,12-13H2,1-4H3,(H,27,28)(H,26,29,30);4-7,9-11,24H,8,12H2,1-3H3,(H,27,28)(H,26,29,30);2*3-10H,11H2,1-2H3,(H,24,25)(H,23,26,27);2-10H,11H2,1H3,(H,23,24)(H,22,25,26). The van der Waals surface area contributed by atoms with Crippen LogP contribution in [0.5, 0.6) is 11.6 Å². The number of ether oxygens (including phenoxy) is 7. The van der Waals surface area contributed by atoms with Crippen LogP contribution < -0.4 is 14.8 Å². The second-order valence-corrected chi connectivity index (χ2v) is 35.3. The average molecular weight is 1970 g/mol. The van der Waals surface area contributed by atoms with Gasteiger partial charge in [-0.25, -0.2) is 54.8 Å². The van der Waals surface area contributed by atoms with Crippen molar-refractivity contribution in [2.45, 2.75) is 60.0 Å². The molecule has 0 atom stereocenters. The number of H-pyrrole nitrogens is 10. The Labute approximate surface area is 843 Å². The normalized spacial score (nSPS) is 11.5. The molecule has 5 aromatic carbocycles. The molecule has 738 valence electrons. The molecule has 0 saturated carbocycles. The third-order valence-electron chi connectivity index (χ3n) is 25.4. The molecule has 0 radical (unpaired) electrons. The first-order valence-electron chi connectivity index (χ1n) is 47.2. The molecule has 0 unspecified atom stereocenters. The summed E-state index contributed by atoms with van der Waals surface area (Å²) in [5.74, 6) is 4.84. The number of nitrogens with one attached hydrogen (secondary N) is 11. The highest BCUT2D eigenvalue weighted by atomic mass is 16.5. The van der Waals surface area contributed by atoms with E-state index in [1.807, 2.05) is 184 Å². The summed E-state index contributed by atoms with van der Waals surface area (Å²) in [7, 11) is 17.7. The molecule has 0 fully saturated rings. The highest BCUT2D eigenvalue weighted by Gasteiger charge is 2.25. The molecule has 20 aromatic heterocycles. The molecule has 0 amide bonds. The van der Waals surface area contributed by atoms with E-state index in [0.29, 0.717) is 84.5 Å². The molecule has 0 aliphatic heterocycles. The van der Waals surface area contributed by atoms with E-state index >= 15 is 0 Å². The van der Waals surface area contributed by atoms with Crippen molar-refractivity contribution in [2.75, 3.05) is 70.9 Å². The van der Waals surface area contributed by atoms with Crippen molar-refractivity contribution >= 4 is 110 Å². The van der Waals surface area contributed by atoms with Gasteiger partial charge >= 0.3 is 0 Å². The van der Waals surface area contributed by atoms with Crippen LogP contribution >= 0.6 is 0 Å². The number of imidazole rings is 5. The fraction of sp³-hybridized carbons (Fsp3) is 0.174. The van der Waals surface area contributed by atoms with Crippen LogP contribution in [0.4, 0.5) is 0 Å². The van der Waals surface area contributed by atoms with Gasteiger partial charge in [0, 0.05) is 213 Å². The first-order valence-corrected chi connectivity index (χ1v) is 47.2. The summed E-state index contributed by atoms with van der Waals surface area (Å²) in [5.41, 5.74) is 36.2. The fourth-order valence-electron chi connectivity index (χ4n) is 18.1. The number of aromatic nitrogens is 30. The Kier molecular flexibility index (Phi) is 27.6. The number of nitrogens with zero attached hydrogens (tertiary/aromatic N) is 21. The van der Waals surface area contributed by atoms with Crippen molar-refractivity contribution in [3.05, 3.63) is 288 Å². The predicted octanol–water partition coefficient (Wildman–Crippen LogP) is 19.0. The van der Waals surface area contributed by atoms with Gasteiger partial charge in [-0.2, -0.15) is 25.5 Å². The molecule has 11 N–H and O–H groups in total. The van der Waals surface area contributed by atoms with Crippen molar-refractivity contribution in [1.82, 2.24) is 161 Å². The summed E-state index contributed by atoms with van der Waals surface area (Å²) in [6, 6.07) is 50.0. The lowest BCUT2D eigenvalue weighted by Crippen LogP contribution is -2.12. The molecule has 148 heavy (non-hydrogen) atoms. The predicted molar refractivity (Wildman–Crippen MR) is 567 cm³/mol. The van der Waals surface area contributed by atoms with Crippen LogP contribution in [0.25, 0.3) is 224 Å². The molecule has 0 aliphatic carbocycles. The highest BCUT2D eigenvalue weighted by Crippen LogP contribution is 2.40. The van der Waals surface area contributed by atoms with Crippen molar-refractivity contribution in [3.63, 3.8) is 0 Å². The van der Waals surface area contributed by atoms with Crippen LogP contribution in [-0.2, 0) is 69.8 Å². The first kappa shape index (κ1) is 95.8. The van der Waals surface area contributed by atoms with Crippen LogP contribution in [0.2, 0.25) is 0 Å². The molecule has 25 aromatic rings. The minimum atomic E-state index is 0.500. The number of fused-ring (bicyclic) bond motifs is 10. The van der Waals surface area contributed by atoms with Crippen LogP contribution in [-0.4, -0.2) is 226 Å². The Balaban J connectivity index is 0.000000108. The number of benzene rings is 5. The lowest BCUT2D eigenvalue weighted by atomic mass is 9.99. The molecular weight excluding hydrogens is 1870 g/mol. The number of rotatable bonds is 26. The maximum atomic E-state index is 5.32. The van der Waals surface area contributed by atoms with Crippen LogP contribution in [0, 0.1) is 13.8 Å². The van der Waals surface area contributed by atoms with Crippen molar-refractivity contribution in [2.24, 2.45) is 0 Å². The summed E-state index contributed by atoms with van der Waals surface area (Å²) < 4.78 is 36.9. The Morgan fingerprint density at radius 1 is 0.291 bits per heavy atom. The lowest BCUT2D eigenvalue weighted by molar-refractivity contribution is 0.186. The van der Waals surface area contributed by atoms with Gasteiger partial charge in [-0.15, -0.1) is 0 Å². The van der Waals surface area contributed by atoms with E-state index in [1.165, 1.54) is 16.7 Å². The van der Waals surface area contributed by atoms with Gasteiger partial charge in [0.1, 0.15) is 34.2 Å². The van der Waals surface area contributed by atoms with Gasteiger partial charge in [0.25, 0.3) is 0 Å². The van der Waals surface area contributed by atoms with Crippen molar-refractivity contribution in [3.8, 4) is 125 Å². The largest absolute Gasteiger partial charge is 0.495 e. The Morgan fingerprint density at radius 3 is 0.939 bits per heavy atom. The molecule has 25 rings (SSSR count). The average Bonchev–Trinajstić information content (AvgIpc) is 1.63. The molecule has 20 heterocycles. The highest BCUT2D eigenvalue weighted by molar-refractivity contribution is 6.00. The molecule has 0 saturated heterocycles. The van der Waals surface area contributed by atoms with Gasteiger partial charge < -0.3 is 68.3 Å². The SMILES string of the molecule is CNCc1cncc(-c2cnc3n[nH]c(-c4nc5c(COC)cccc5[nH]4)c3c2)c1C.COCc1cccc2[nH]c(-c3[nH]nc4ncc(-c5ccc(OC)nc5)cc34)nc12.COCc1cccc2[nH]c(-c3[nH]nc4ncc(-c5ccncc5)cc34)nc12.COCc1cccc2[nH]c(-c3[nH]nc4ncc(-c5cncc(CN(C)C)c5C)cc34)nc12.COCc1cccc2[nH]c(-c3[nH]nc4ncc(-c5cncc(OC)c5)cc34)nc12. The molecule has 0 spiro atoms. The number of aromatic amines is 10. The van der Waals surface area contributed by atoms with Gasteiger partial charge in [-0.05, 0) is 148 Å². The van der Waals surface area contributed by atoms with Gasteiger partial charge in [0.15, 0.2) is 57.4 Å². The second kappa shape index (κ2) is 42.7. The summed E-state index contributed by atoms with van der Waals surface area (Å²) >= 11 is 0. The molecule has 0 bridgehead atoms. The third-order valence-corrected chi connectivity index (χ3v) is 25.4. The maximum absolute atomic E-state index is 5.32. The zero-order valence-electron chi connectivity index (χ0n) is 82.7. The van der Waals surface area contributed by atoms with Crippen LogP contribution in [0.1, 0.15) is 50.1 Å². The van der Waals surface area contributed by atoms with Crippen LogP contribution in [0.3, 0.4) is 0 Å². The van der Waals surface area contributed by atoms with Gasteiger partial charge in [0.05, 0.1) is 136 Å². The Morgan fingerprint density at radius 2 is 0.608 bits per heavy atom. The Bertz CT molecular complexity index is 9090. The van der Waals surface area contributed by atoms with Crippen molar-refractivity contribution in [1.29, 1.82) is 0 Å². The maximum Gasteiger partial charge on any atom is 0.212 e. The van der Waals surface area contributed by atoms with E-state index in [0.717, 1.165) is 230 Å². The number of methoxy groups -OCH3 is 7. The minimum Gasteiger partial charge on any atom is -0.495 e. The first-order chi connectivity index (χ1) is 72.6. The fourth-order valence-corrected chi connectivity index (χ4v) is 18.1. The van der Waals surface area contributed by atoms with Crippen molar-refractivity contribution < 1.29 is 33.2 Å². The topological polar surface area (TPSA) is 496 Å². The van der Waals surface area contributed by atoms with Crippen LogP contribution in [0.15, 0.2) is 238 Å². The van der Waals surface area contributed by atoms with Gasteiger partial charge in [-0.3, -0.25) is 45.4 Å². The molecular formula is C109H100N32O7. The zero-order valence-corrected chi connectivity index (χ0v) is 82.7. The van der Waals surface area contributed by atoms with E-state index < -0.39 is 0 Å². The smallest absolute Gasteiger partial charge is 0.212 e. The van der Waals surface area contributed by atoms with E-state index in [2.05, 4.69) is 182 Å². The number of pyridine rings is 10. The zero-order chi connectivity index (χ0) is 101. The quantitative estimate of drug-likeness (QED) is 0.0240. The summed E-state index contributed by atoms with van der Waals surface area (Å²) in [4.78, 5) is 87.2. The van der Waals surface area contributed by atoms with Gasteiger partial charge in [-0.1, -0.05) is 60.7 Å². The van der Waals surface area contributed by atoms with E-state index in [4.69, 9.17) is 58.1 Å². The van der Waals surface area contributed by atoms with E-state index in [9.17, 15) is 0 Å². The molecule has 39 heteroatoms. The van der Waals surface area contributed by atoms with E-state index in [-0.39, 0.29) is 0 Å². The molecule has 0 aliphatic rings. The summed E-state index contributed by atoms with van der Waals surface area (Å²) in [6.07, 6.45) is 25.4. The minimum absolute atomic E-state index is 0.500. The summed E-state index contributed by atoms with van der Waals surface area (Å²) in [6.45, 7) is 8.37. The number of para-hydroxylation sites is 5. The lowest BCUT2D eigenvalue weighted by Gasteiger charge is -2.14. The number of hydrogen-bond donors (Lipinski definition) is 11. The Hall–Kier alpha value is -18.4. The summed E-state index contributed by atoms with van der Waals surface area (Å²) in [5, 5.41) is 44.9. The van der Waals surface area contributed by atoms with Gasteiger partial charge in [0.2, 0.25) is 5.88 Å². The number of hydrogen-bond acceptors (Lipinski definition) is 29. The second-order valence-electron chi connectivity index (χ2n) is 35.3. The monoisotopic (exact) mass is 1970 g/mol. The van der Waals surface area contributed by atoms with E-state index in [1.54, 1.807) is 93.1 Å². The third kappa shape index (κ3) is 19.5.